The molecule has 4 nitrogen and oxygen atoms in total. The first-order chi connectivity index (χ1) is 6.65. The quantitative estimate of drug-likeness (QED) is 0.762. The maximum atomic E-state index is 9.86. The van der Waals surface area contributed by atoms with Crippen molar-refractivity contribution >= 4 is 0 Å². The summed E-state index contributed by atoms with van der Waals surface area (Å²) in [6.07, 6.45) is 3.91. The van der Waals surface area contributed by atoms with Crippen molar-refractivity contribution in [3.63, 3.8) is 0 Å². The summed E-state index contributed by atoms with van der Waals surface area (Å²) in [4.78, 5) is 6.22. The van der Waals surface area contributed by atoms with Crippen LogP contribution in [0.2, 0.25) is 0 Å². The van der Waals surface area contributed by atoms with Gasteiger partial charge >= 0.3 is 0 Å². The third kappa shape index (κ3) is 2.82. The summed E-state index contributed by atoms with van der Waals surface area (Å²) < 4.78 is 1.97. The molecule has 1 aromatic heterocycles. The first-order valence-corrected chi connectivity index (χ1v) is 4.99. The highest BCUT2D eigenvalue weighted by Gasteiger charge is 2.12. The van der Waals surface area contributed by atoms with Crippen LogP contribution in [-0.2, 0) is 6.54 Å². The Hall–Kier alpha value is -0.870. The molecule has 1 N–H and O–H groups in total. The van der Waals surface area contributed by atoms with Crippen LogP contribution in [0.1, 0.15) is 25.3 Å². The number of hydrogen-bond donors (Lipinski definition) is 1. The summed E-state index contributed by atoms with van der Waals surface area (Å²) >= 11 is 0. The molecule has 1 aromatic rings. The summed E-state index contributed by atoms with van der Waals surface area (Å²) in [5.74, 6) is 0.773. The van der Waals surface area contributed by atoms with Gasteiger partial charge in [-0.2, -0.15) is 0 Å². The van der Waals surface area contributed by atoms with Crippen LogP contribution in [0.15, 0.2) is 12.4 Å². The Morgan fingerprint density at radius 2 is 2.29 bits per heavy atom. The zero-order chi connectivity index (χ0) is 10.6. The number of aliphatic hydroxyl groups excluding tert-OH is 1. The number of imidazole rings is 1. The Morgan fingerprint density at radius 3 is 2.86 bits per heavy atom. The molecule has 0 amide bonds. The van der Waals surface area contributed by atoms with E-state index in [-0.39, 0.29) is 0 Å². The third-order valence-corrected chi connectivity index (χ3v) is 2.24. The highest BCUT2D eigenvalue weighted by atomic mass is 16.3. The number of aromatic nitrogens is 2. The molecule has 0 radical (unpaired) electrons. The topological polar surface area (TPSA) is 41.3 Å². The predicted octanol–water partition coefficient (Wildman–Crippen LogP) is 0.888. The summed E-state index contributed by atoms with van der Waals surface area (Å²) in [7, 11) is 4.00. The van der Waals surface area contributed by atoms with Crippen LogP contribution in [0.4, 0.5) is 0 Å². The highest BCUT2D eigenvalue weighted by molar-refractivity contribution is 4.96. The summed E-state index contributed by atoms with van der Waals surface area (Å²) in [5, 5.41) is 9.86. The maximum absolute atomic E-state index is 9.86. The monoisotopic (exact) mass is 197 g/mol. The molecule has 14 heavy (non-hydrogen) atoms. The van der Waals surface area contributed by atoms with E-state index in [9.17, 15) is 5.11 Å². The van der Waals surface area contributed by atoms with Gasteiger partial charge in [0, 0.05) is 25.5 Å². The van der Waals surface area contributed by atoms with Crippen molar-refractivity contribution in [3.05, 3.63) is 18.2 Å². The summed E-state index contributed by atoms with van der Waals surface area (Å²) in [5.41, 5.74) is 0. The minimum absolute atomic E-state index is 0.452. The van der Waals surface area contributed by atoms with Crippen molar-refractivity contribution in [1.82, 2.24) is 14.5 Å². The molecule has 0 saturated heterocycles. The molecule has 0 aromatic carbocycles. The SMILES string of the molecule is CCn1ccnc1C(O)CCN(C)C. The fourth-order valence-corrected chi connectivity index (χ4v) is 1.40. The molecule has 1 heterocycles. The molecule has 80 valence electrons. The minimum atomic E-state index is -0.452. The van der Waals surface area contributed by atoms with Gasteiger partial charge in [0.1, 0.15) is 11.9 Å². The molecule has 1 unspecified atom stereocenters. The predicted molar refractivity (Wildman–Crippen MR) is 56.0 cm³/mol. The van der Waals surface area contributed by atoms with Crippen molar-refractivity contribution in [3.8, 4) is 0 Å². The molecule has 0 aliphatic rings. The Morgan fingerprint density at radius 1 is 1.57 bits per heavy atom. The first kappa shape index (κ1) is 11.2. The molecule has 0 bridgehead atoms. The van der Waals surface area contributed by atoms with Gasteiger partial charge in [-0.15, -0.1) is 0 Å². The number of hydrogen-bond acceptors (Lipinski definition) is 3. The van der Waals surface area contributed by atoms with E-state index in [2.05, 4.69) is 9.88 Å². The lowest BCUT2D eigenvalue weighted by molar-refractivity contribution is 0.141. The van der Waals surface area contributed by atoms with Crippen LogP contribution in [0.3, 0.4) is 0 Å². The number of rotatable bonds is 5. The van der Waals surface area contributed by atoms with Crippen LogP contribution >= 0.6 is 0 Å². The van der Waals surface area contributed by atoms with Crippen LogP contribution in [0.25, 0.3) is 0 Å². The van der Waals surface area contributed by atoms with E-state index in [1.807, 2.05) is 31.8 Å². The highest BCUT2D eigenvalue weighted by Crippen LogP contribution is 2.14. The van der Waals surface area contributed by atoms with Gasteiger partial charge in [0.25, 0.3) is 0 Å². The van der Waals surface area contributed by atoms with E-state index in [0.29, 0.717) is 0 Å². The van der Waals surface area contributed by atoms with Gasteiger partial charge in [0.2, 0.25) is 0 Å². The van der Waals surface area contributed by atoms with Gasteiger partial charge in [0.15, 0.2) is 0 Å². The molecule has 1 rings (SSSR count). The molecule has 0 spiro atoms. The lowest BCUT2D eigenvalue weighted by Gasteiger charge is -2.14. The number of aliphatic hydroxyl groups is 1. The van der Waals surface area contributed by atoms with E-state index < -0.39 is 6.10 Å². The van der Waals surface area contributed by atoms with Crippen molar-refractivity contribution in [2.75, 3.05) is 20.6 Å². The van der Waals surface area contributed by atoms with Crippen molar-refractivity contribution in [2.45, 2.75) is 26.0 Å². The molecule has 1 atom stereocenters. The Labute approximate surface area is 85.2 Å². The Kier molecular flexibility index (Phi) is 4.10. The molecular weight excluding hydrogens is 178 g/mol. The minimum Gasteiger partial charge on any atom is -0.385 e. The molecule has 0 aliphatic carbocycles. The van der Waals surface area contributed by atoms with E-state index in [0.717, 1.165) is 25.3 Å². The van der Waals surface area contributed by atoms with Crippen LogP contribution < -0.4 is 0 Å². The second-order valence-corrected chi connectivity index (χ2v) is 3.68. The van der Waals surface area contributed by atoms with Gasteiger partial charge in [-0.1, -0.05) is 0 Å². The van der Waals surface area contributed by atoms with E-state index in [4.69, 9.17) is 0 Å². The first-order valence-electron chi connectivity index (χ1n) is 4.99. The molecule has 0 saturated carbocycles. The zero-order valence-corrected chi connectivity index (χ0v) is 9.14. The third-order valence-electron chi connectivity index (χ3n) is 2.24. The van der Waals surface area contributed by atoms with E-state index in [1.54, 1.807) is 6.20 Å². The lowest BCUT2D eigenvalue weighted by Crippen LogP contribution is -2.17. The fourth-order valence-electron chi connectivity index (χ4n) is 1.40. The molecular formula is C10H19N3O. The van der Waals surface area contributed by atoms with Gasteiger partial charge in [-0.3, -0.25) is 0 Å². The average molecular weight is 197 g/mol. The summed E-state index contributed by atoms with van der Waals surface area (Å²) in [6.45, 7) is 3.77. The standard InChI is InChI=1S/C10H19N3O/c1-4-13-8-6-11-10(13)9(14)5-7-12(2)3/h6,8-9,14H,4-5,7H2,1-3H3. The smallest absolute Gasteiger partial charge is 0.137 e. The average Bonchev–Trinajstić information content (AvgIpc) is 2.61. The zero-order valence-electron chi connectivity index (χ0n) is 9.14. The summed E-state index contributed by atoms with van der Waals surface area (Å²) in [6, 6.07) is 0. The van der Waals surface area contributed by atoms with Gasteiger partial charge in [0.05, 0.1) is 0 Å². The van der Waals surface area contributed by atoms with E-state index in [1.165, 1.54) is 0 Å². The van der Waals surface area contributed by atoms with E-state index >= 15 is 0 Å². The molecule has 0 fully saturated rings. The van der Waals surface area contributed by atoms with Gasteiger partial charge in [-0.05, 0) is 27.4 Å². The van der Waals surface area contributed by atoms with Crippen LogP contribution in [0.5, 0.6) is 0 Å². The molecule has 0 aliphatic heterocycles. The van der Waals surface area contributed by atoms with Crippen molar-refractivity contribution in [2.24, 2.45) is 0 Å². The lowest BCUT2D eigenvalue weighted by atomic mass is 10.2. The maximum Gasteiger partial charge on any atom is 0.137 e. The van der Waals surface area contributed by atoms with Crippen LogP contribution in [0, 0.1) is 0 Å². The second kappa shape index (κ2) is 5.12. The number of nitrogens with zero attached hydrogens (tertiary/aromatic N) is 3. The van der Waals surface area contributed by atoms with Crippen LogP contribution in [-0.4, -0.2) is 40.2 Å². The van der Waals surface area contributed by atoms with Gasteiger partial charge in [-0.25, -0.2) is 4.98 Å². The van der Waals surface area contributed by atoms with Crippen molar-refractivity contribution in [1.29, 1.82) is 0 Å². The van der Waals surface area contributed by atoms with Gasteiger partial charge < -0.3 is 14.6 Å². The Bertz CT molecular complexity index is 270. The second-order valence-electron chi connectivity index (χ2n) is 3.68. The van der Waals surface area contributed by atoms with Crippen molar-refractivity contribution < 1.29 is 5.11 Å². The fraction of sp³-hybridized carbons (Fsp3) is 0.700. The largest absolute Gasteiger partial charge is 0.385 e. The Balaban J connectivity index is 2.55. The normalized spacial score (nSPS) is 13.5. The molecule has 4 heteroatoms. The number of aryl methyl sites for hydroxylation is 1.